The van der Waals surface area contributed by atoms with E-state index in [0.29, 0.717) is 11.4 Å². The zero-order valence-corrected chi connectivity index (χ0v) is 10.0. The van der Waals surface area contributed by atoms with Gasteiger partial charge in [-0.25, -0.2) is 0 Å². The molecule has 0 bridgehead atoms. The van der Waals surface area contributed by atoms with Crippen molar-refractivity contribution in [1.29, 1.82) is 0 Å². The lowest BCUT2D eigenvalue weighted by Crippen LogP contribution is -2.24. The van der Waals surface area contributed by atoms with Crippen LogP contribution < -0.4 is 0 Å². The van der Waals surface area contributed by atoms with E-state index in [1.54, 1.807) is 0 Å². The smallest absolute Gasteiger partial charge is 0.0581 e. The molecule has 1 rings (SSSR count). The lowest BCUT2D eigenvalue weighted by molar-refractivity contribution is 0.0730. The second-order valence-electron chi connectivity index (χ2n) is 3.75. The van der Waals surface area contributed by atoms with E-state index in [0.717, 1.165) is 11.1 Å². The molecule has 1 saturated carbocycles. The Morgan fingerprint density at radius 2 is 2.31 bits per heavy atom. The fraction of sp³-hybridized carbons (Fsp3) is 1.00. The molecule has 0 aromatic rings. The maximum atomic E-state index is 5.79. The topological polar surface area (TPSA) is 9.23 Å². The van der Waals surface area contributed by atoms with Crippen LogP contribution >= 0.6 is 23.4 Å². The first-order valence-corrected chi connectivity index (χ1v) is 6.48. The highest BCUT2D eigenvalue weighted by molar-refractivity contribution is 8.00. The van der Waals surface area contributed by atoms with E-state index >= 15 is 0 Å². The molecule has 1 nitrogen and oxygen atoms in total. The molecule has 0 aliphatic heterocycles. The molecule has 0 amide bonds. The van der Waals surface area contributed by atoms with Gasteiger partial charge < -0.3 is 4.74 Å². The Morgan fingerprint density at radius 1 is 1.54 bits per heavy atom. The van der Waals surface area contributed by atoms with E-state index < -0.39 is 0 Å². The average molecular weight is 223 g/mol. The highest BCUT2D eigenvalue weighted by Crippen LogP contribution is 2.32. The highest BCUT2D eigenvalue weighted by atomic mass is 35.5. The van der Waals surface area contributed by atoms with Crippen molar-refractivity contribution in [2.75, 3.05) is 13.0 Å². The molecule has 1 fully saturated rings. The van der Waals surface area contributed by atoms with Crippen LogP contribution in [0, 0.1) is 0 Å². The third-order valence-electron chi connectivity index (χ3n) is 2.55. The van der Waals surface area contributed by atoms with Gasteiger partial charge in [0.2, 0.25) is 0 Å². The summed E-state index contributed by atoms with van der Waals surface area (Å²) in [5.41, 5.74) is 0. The number of ether oxygens (including phenoxy) is 1. The van der Waals surface area contributed by atoms with Gasteiger partial charge in [0.15, 0.2) is 0 Å². The zero-order valence-electron chi connectivity index (χ0n) is 8.46. The van der Waals surface area contributed by atoms with Gasteiger partial charge in [0.1, 0.15) is 0 Å². The van der Waals surface area contributed by atoms with E-state index in [-0.39, 0.29) is 0 Å². The quantitative estimate of drug-likeness (QED) is 0.675. The molecule has 1 aliphatic rings. The minimum absolute atomic E-state index is 0.494. The second-order valence-corrected chi connectivity index (χ2v) is 5.80. The summed E-state index contributed by atoms with van der Waals surface area (Å²) in [5, 5.41) is 1.36. The molecular formula is C10H19ClOS. The van der Waals surface area contributed by atoms with Crippen molar-refractivity contribution in [1.82, 2.24) is 0 Å². The molecule has 0 heterocycles. The van der Waals surface area contributed by atoms with E-state index in [1.807, 2.05) is 18.9 Å². The van der Waals surface area contributed by atoms with Gasteiger partial charge in [-0.2, -0.15) is 11.8 Å². The monoisotopic (exact) mass is 222 g/mol. The van der Waals surface area contributed by atoms with Crippen LogP contribution in [-0.2, 0) is 4.74 Å². The molecule has 0 radical (unpaired) electrons. The number of rotatable bonds is 4. The fourth-order valence-corrected chi connectivity index (χ4v) is 3.38. The standard InChI is InChI=1S/C10H19ClOS/c1-8(7-11)13-10-5-3-4-9(6-10)12-2/h8-10H,3-7H2,1-2H3. The Kier molecular flexibility index (Phi) is 5.52. The summed E-state index contributed by atoms with van der Waals surface area (Å²) in [6, 6.07) is 0. The van der Waals surface area contributed by atoms with Crippen LogP contribution in [0.25, 0.3) is 0 Å². The molecule has 0 aromatic heterocycles. The van der Waals surface area contributed by atoms with Crippen molar-refractivity contribution in [3.63, 3.8) is 0 Å². The number of alkyl halides is 1. The maximum Gasteiger partial charge on any atom is 0.0581 e. The van der Waals surface area contributed by atoms with Crippen molar-refractivity contribution in [2.24, 2.45) is 0 Å². The third-order valence-corrected chi connectivity index (χ3v) is 4.64. The molecule has 0 N–H and O–H groups in total. The normalized spacial score (nSPS) is 31.6. The summed E-state index contributed by atoms with van der Waals surface area (Å²) in [6.45, 7) is 2.20. The maximum absolute atomic E-state index is 5.79. The van der Waals surface area contributed by atoms with E-state index in [1.165, 1.54) is 25.7 Å². The number of halogens is 1. The zero-order chi connectivity index (χ0) is 9.68. The van der Waals surface area contributed by atoms with Crippen LogP contribution in [0.5, 0.6) is 0 Å². The highest BCUT2D eigenvalue weighted by Gasteiger charge is 2.23. The van der Waals surface area contributed by atoms with Crippen molar-refractivity contribution in [2.45, 2.75) is 49.2 Å². The summed E-state index contributed by atoms with van der Waals surface area (Å²) in [4.78, 5) is 0. The molecule has 0 saturated heterocycles. The average Bonchev–Trinajstić information content (AvgIpc) is 2.18. The van der Waals surface area contributed by atoms with Crippen LogP contribution in [0.1, 0.15) is 32.6 Å². The van der Waals surface area contributed by atoms with Gasteiger partial charge in [-0.05, 0) is 25.7 Å². The van der Waals surface area contributed by atoms with Crippen molar-refractivity contribution in [3.05, 3.63) is 0 Å². The van der Waals surface area contributed by atoms with Crippen molar-refractivity contribution in [3.8, 4) is 0 Å². The molecule has 1 aliphatic carbocycles. The molecule has 0 spiro atoms. The van der Waals surface area contributed by atoms with Gasteiger partial charge >= 0.3 is 0 Å². The summed E-state index contributed by atoms with van der Waals surface area (Å²) in [5.74, 6) is 0.763. The van der Waals surface area contributed by atoms with E-state index in [9.17, 15) is 0 Å². The molecule has 78 valence electrons. The third kappa shape index (κ3) is 4.09. The Morgan fingerprint density at radius 3 is 2.92 bits per heavy atom. The predicted octanol–water partition coefficient (Wildman–Crippen LogP) is 3.30. The minimum atomic E-state index is 0.494. The summed E-state index contributed by atoms with van der Waals surface area (Å²) in [7, 11) is 1.82. The summed E-state index contributed by atoms with van der Waals surface area (Å²) >= 11 is 7.82. The van der Waals surface area contributed by atoms with Gasteiger partial charge in [-0.1, -0.05) is 6.92 Å². The van der Waals surface area contributed by atoms with E-state index in [2.05, 4.69) is 6.92 Å². The largest absolute Gasteiger partial charge is 0.381 e. The predicted molar refractivity (Wildman–Crippen MR) is 60.8 cm³/mol. The Labute approximate surface area is 90.6 Å². The number of hydrogen-bond donors (Lipinski definition) is 0. The molecule has 0 aromatic carbocycles. The van der Waals surface area contributed by atoms with Crippen LogP contribution in [-0.4, -0.2) is 29.6 Å². The SMILES string of the molecule is COC1CCCC(SC(C)CCl)C1. The first-order valence-electron chi connectivity index (χ1n) is 5.00. The number of methoxy groups -OCH3 is 1. The first kappa shape index (κ1) is 11.7. The number of hydrogen-bond acceptors (Lipinski definition) is 2. The molecule has 13 heavy (non-hydrogen) atoms. The van der Waals surface area contributed by atoms with Gasteiger partial charge in [0.25, 0.3) is 0 Å². The Bertz CT molecular complexity index is 141. The summed E-state index contributed by atoms with van der Waals surface area (Å²) in [6.07, 6.45) is 5.59. The van der Waals surface area contributed by atoms with Crippen LogP contribution in [0.15, 0.2) is 0 Å². The first-order chi connectivity index (χ1) is 6.26. The molecule has 3 atom stereocenters. The van der Waals surface area contributed by atoms with Crippen LogP contribution in [0.3, 0.4) is 0 Å². The molecule has 3 unspecified atom stereocenters. The molecular weight excluding hydrogens is 204 g/mol. The Hall–Kier alpha value is 0.600. The second kappa shape index (κ2) is 6.15. The summed E-state index contributed by atoms with van der Waals surface area (Å²) < 4.78 is 5.39. The van der Waals surface area contributed by atoms with Gasteiger partial charge in [0.05, 0.1) is 6.10 Å². The van der Waals surface area contributed by atoms with Crippen LogP contribution in [0.2, 0.25) is 0 Å². The lowest BCUT2D eigenvalue weighted by Gasteiger charge is -2.29. The van der Waals surface area contributed by atoms with Gasteiger partial charge in [0, 0.05) is 23.5 Å². The van der Waals surface area contributed by atoms with Crippen LogP contribution in [0.4, 0.5) is 0 Å². The lowest BCUT2D eigenvalue weighted by atomic mass is 9.97. The number of thioether (sulfide) groups is 1. The van der Waals surface area contributed by atoms with E-state index in [4.69, 9.17) is 16.3 Å². The minimum Gasteiger partial charge on any atom is -0.381 e. The van der Waals surface area contributed by atoms with Crippen molar-refractivity contribution >= 4 is 23.4 Å². The molecule has 3 heteroatoms. The Balaban J connectivity index is 2.25. The fourth-order valence-electron chi connectivity index (χ4n) is 1.80. The van der Waals surface area contributed by atoms with Crippen molar-refractivity contribution < 1.29 is 4.74 Å². The van der Waals surface area contributed by atoms with Gasteiger partial charge in [-0.15, -0.1) is 11.6 Å². The van der Waals surface area contributed by atoms with Gasteiger partial charge in [-0.3, -0.25) is 0 Å².